The number of ketones is 2. The fraction of sp³-hybridized carbons (Fsp3) is 0.333. The van der Waals surface area contributed by atoms with Crippen LogP contribution in [0.25, 0.3) is 11.0 Å². The zero-order valence-corrected chi connectivity index (χ0v) is 11.6. The standard InChI is InChI=1S/C15H13ClO4/c1-7-2-9-3-8(4-12(16)15(9)20-7)14(19)11-5-10(11)13(18)6-17/h2-4,10-11,17H,5-6H2,1H3/t10-,11-/m0/s1. The molecular formula is C15H13ClO4. The Balaban J connectivity index is 1.91. The van der Waals surface area contributed by atoms with Gasteiger partial charge in [0.25, 0.3) is 0 Å². The van der Waals surface area contributed by atoms with E-state index in [1.807, 2.05) is 13.0 Å². The Morgan fingerprint density at radius 3 is 2.80 bits per heavy atom. The lowest BCUT2D eigenvalue weighted by Crippen LogP contribution is -2.11. The molecule has 1 fully saturated rings. The third-order valence-corrected chi connectivity index (χ3v) is 3.96. The van der Waals surface area contributed by atoms with E-state index in [1.165, 1.54) is 0 Å². The van der Waals surface area contributed by atoms with Gasteiger partial charge in [0.15, 0.2) is 17.1 Å². The van der Waals surface area contributed by atoms with E-state index in [0.717, 1.165) is 11.1 Å². The van der Waals surface area contributed by atoms with Gasteiger partial charge in [0.2, 0.25) is 0 Å². The summed E-state index contributed by atoms with van der Waals surface area (Å²) in [5, 5.41) is 9.98. The molecule has 4 nitrogen and oxygen atoms in total. The minimum absolute atomic E-state index is 0.0977. The number of benzene rings is 1. The maximum Gasteiger partial charge on any atom is 0.166 e. The first-order valence-electron chi connectivity index (χ1n) is 6.38. The van der Waals surface area contributed by atoms with Crippen LogP contribution in [-0.2, 0) is 4.79 Å². The number of aliphatic hydroxyl groups excluding tert-OH is 1. The van der Waals surface area contributed by atoms with Crippen LogP contribution in [0.5, 0.6) is 0 Å². The molecule has 0 aliphatic heterocycles. The Kier molecular flexibility index (Phi) is 3.15. The molecule has 2 atom stereocenters. The second kappa shape index (κ2) is 4.72. The monoisotopic (exact) mass is 292 g/mol. The number of carbonyl (C=O) groups is 2. The third-order valence-electron chi connectivity index (χ3n) is 3.68. The highest BCUT2D eigenvalue weighted by Gasteiger charge is 2.47. The van der Waals surface area contributed by atoms with Gasteiger partial charge in [-0.2, -0.15) is 0 Å². The van der Waals surface area contributed by atoms with Crippen LogP contribution < -0.4 is 0 Å². The fourth-order valence-corrected chi connectivity index (χ4v) is 2.82. The van der Waals surface area contributed by atoms with E-state index >= 15 is 0 Å². The van der Waals surface area contributed by atoms with Gasteiger partial charge in [-0.3, -0.25) is 9.59 Å². The number of hydrogen-bond donors (Lipinski definition) is 1. The Morgan fingerprint density at radius 1 is 1.35 bits per heavy atom. The second-order valence-corrected chi connectivity index (χ2v) is 5.58. The molecule has 3 rings (SSSR count). The van der Waals surface area contributed by atoms with E-state index in [-0.39, 0.29) is 23.4 Å². The molecule has 1 heterocycles. The molecular weight excluding hydrogens is 280 g/mol. The molecule has 0 radical (unpaired) electrons. The normalized spacial score (nSPS) is 21.1. The maximum atomic E-state index is 12.3. The summed E-state index contributed by atoms with van der Waals surface area (Å²) in [4.78, 5) is 23.7. The molecule has 1 N–H and O–H groups in total. The van der Waals surface area contributed by atoms with Crippen LogP contribution in [0, 0.1) is 18.8 Å². The number of furan rings is 1. The van der Waals surface area contributed by atoms with Crippen LogP contribution in [0.2, 0.25) is 5.02 Å². The van der Waals surface area contributed by atoms with Crippen molar-refractivity contribution in [2.24, 2.45) is 11.8 Å². The number of rotatable bonds is 4. The van der Waals surface area contributed by atoms with Gasteiger partial charge >= 0.3 is 0 Å². The van der Waals surface area contributed by atoms with Crippen molar-refractivity contribution in [3.8, 4) is 0 Å². The van der Waals surface area contributed by atoms with Crippen molar-refractivity contribution >= 4 is 34.1 Å². The molecule has 0 spiro atoms. The summed E-state index contributed by atoms with van der Waals surface area (Å²) in [5.74, 6) is -0.301. The fourth-order valence-electron chi connectivity index (χ4n) is 2.55. The highest BCUT2D eigenvalue weighted by atomic mass is 35.5. The average molecular weight is 293 g/mol. The first kappa shape index (κ1) is 13.3. The predicted molar refractivity (Wildman–Crippen MR) is 74.0 cm³/mol. The van der Waals surface area contributed by atoms with Gasteiger partial charge in [0, 0.05) is 22.8 Å². The van der Waals surface area contributed by atoms with Crippen molar-refractivity contribution in [2.75, 3.05) is 6.61 Å². The molecule has 1 aliphatic rings. The van der Waals surface area contributed by atoms with Crippen LogP contribution in [0.3, 0.4) is 0 Å². The summed E-state index contributed by atoms with van der Waals surface area (Å²) in [6.07, 6.45) is 0.512. The van der Waals surface area contributed by atoms with Crippen molar-refractivity contribution in [1.29, 1.82) is 0 Å². The summed E-state index contributed by atoms with van der Waals surface area (Å²) in [7, 11) is 0. The van der Waals surface area contributed by atoms with E-state index in [1.54, 1.807) is 12.1 Å². The number of aliphatic hydroxyl groups is 1. The van der Waals surface area contributed by atoms with Crippen LogP contribution in [0.15, 0.2) is 22.6 Å². The molecule has 20 heavy (non-hydrogen) atoms. The lowest BCUT2D eigenvalue weighted by molar-refractivity contribution is -0.123. The summed E-state index contributed by atoms with van der Waals surface area (Å²) in [6.45, 7) is 1.31. The number of fused-ring (bicyclic) bond motifs is 1. The third kappa shape index (κ3) is 2.15. The number of halogens is 1. The van der Waals surface area contributed by atoms with Crippen LogP contribution in [0.1, 0.15) is 22.5 Å². The lowest BCUT2D eigenvalue weighted by Gasteiger charge is -2.01. The zero-order valence-electron chi connectivity index (χ0n) is 10.9. The van der Waals surface area contributed by atoms with E-state index in [2.05, 4.69) is 0 Å². The molecule has 2 aromatic rings. The smallest absolute Gasteiger partial charge is 0.166 e. The van der Waals surface area contributed by atoms with Gasteiger partial charge in [0.1, 0.15) is 12.4 Å². The zero-order chi connectivity index (χ0) is 14.4. The predicted octanol–water partition coefficient (Wildman–Crippen LogP) is 2.77. The topological polar surface area (TPSA) is 67.5 Å². The number of Topliss-reactive ketones (excluding diaryl/α,β-unsaturated/α-hetero) is 2. The first-order chi connectivity index (χ1) is 9.51. The Hall–Kier alpha value is -1.65. The SMILES string of the molecule is Cc1cc2cc(C(=O)[C@H]3C[C@@H]3C(=O)CO)cc(Cl)c2o1. The van der Waals surface area contributed by atoms with E-state index < -0.39 is 6.61 Å². The number of carbonyl (C=O) groups excluding carboxylic acids is 2. The quantitative estimate of drug-likeness (QED) is 0.880. The molecule has 5 heteroatoms. The molecule has 1 aromatic carbocycles. The van der Waals surface area contributed by atoms with Crippen molar-refractivity contribution < 1.29 is 19.1 Å². The van der Waals surface area contributed by atoms with Crippen LogP contribution in [-0.4, -0.2) is 23.3 Å². The average Bonchev–Trinajstić information content (AvgIpc) is 3.12. The molecule has 1 saturated carbocycles. The Bertz CT molecular complexity index is 716. The molecule has 0 amide bonds. The minimum atomic E-state index is -0.505. The Labute approximate surface area is 120 Å². The molecule has 1 aliphatic carbocycles. The second-order valence-electron chi connectivity index (χ2n) is 5.17. The van der Waals surface area contributed by atoms with E-state index in [0.29, 0.717) is 22.6 Å². The van der Waals surface area contributed by atoms with E-state index in [9.17, 15) is 9.59 Å². The van der Waals surface area contributed by atoms with Gasteiger partial charge in [0.05, 0.1) is 5.02 Å². The van der Waals surface area contributed by atoms with Crippen molar-refractivity contribution in [3.63, 3.8) is 0 Å². The Morgan fingerprint density at radius 2 is 2.10 bits per heavy atom. The highest BCUT2D eigenvalue weighted by Crippen LogP contribution is 2.42. The van der Waals surface area contributed by atoms with Gasteiger partial charge in [-0.1, -0.05) is 11.6 Å². The van der Waals surface area contributed by atoms with Crippen molar-refractivity contribution in [3.05, 3.63) is 34.5 Å². The van der Waals surface area contributed by atoms with Gasteiger partial charge in [-0.25, -0.2) is 0 Å². The molecule has 0 unspecified atom stereocenters. The number of aryl methyl sites for hydroxylation is 1. The number of hydrogen-bond acceptors (Lipinski definition) is 4. The minimum Gasteiger partial charge on any atom is -0.460 e. The summed E-state index contributed by atoms with van der Waals surface area (Å²) in [5.41, 5.74) is 1.06. The van der Waals surface area contributed by atoms with E-state index in [4.69, 9.17) is 21.1 Å². The largest absolute Gasteiger partial charge is 0.460 e. The van der Waals surface area contributed by atoms with Crippen molar-refractivity contribution in [2.45, 2.75) is 13.3 Å². The summed E-state index contributed by atoms with van der Waals surface area (Å²) in [6, 6.07) is 5.13. The van der Waals surface area contributed by atoms with Crippen LogP contribution in [0.4, 0.5) is 0 Å². The van der Waals surface area contributed by atoms with Gasteiger partial charge in [-0.05, 0) is 31.5 Å². The van der Waals surface area contributed by atoms with Gasteiger partial charge in [-0.15, -0.1) is 0 Å². The molecule has 104 valence electrons. The molecule has 0 saturated heterocycles. The molecule has 1 aromatic heterocycles. The highest BCUT2D eigenvalue weighted by molar-refractivity contribution is 6.35. The maximum absolute atomic E-state index is 12.3. The lowest BCUT2D eigenvalue weighted by atomic mass is 10.0. The first-order valence-corrected chi connectivity index (χ1v) is 6.76. The van der Waals surface area contributed by atoms with Crippen LogP contribution >= 0.6 is 11.6 Å². The summed E-state index contributed by atoms with van der Waals surface area (Å²) >= 11 is 6.12. The molecule has 0 bridgehead atoms. The van der Waals surface area contributed by atoms with Gasteiger partial charge < -0.3 is 9.52 Å². The van der Waals surface area contributed by atoms with Crippen molar-refractivity contribution in [1.82, 2.24) is 0 Å². The summed E-state index contributed by atoms with van der Waals surface area (Å²) < 4.78 is 5.46.